The molecule has 1 atom stereocenters. The normalized spacial score (nSPS) is 12.7. The third kappa shape index (κ3) is 3.43. The van der Waals surface area contributed by atoms with Crippen LogP contribution in [0, 0.1) is 18.6 Å². The van der Waals surface area contributed by atoms with E-state index in [0.717, 1.165) is 21.9 Å². The van der Waals surface area contributed by atoms with Gasteiger partial charge < -0.3 is 5.73 Å². The molecule has 2 aromatic rings. The zero-order valence-corrected chi connectivity index (χ0v) is 12.9. The summed E-state index contributed by atoms with van der Waals surface area (Å²) in [4.78, 5) is 0. The van der Waals surface area contributed by atoms with Crippen molar-refractivity contribution >= 4 is 15.9 Å². The van der Waals surface area contributed by atoms with Gasteiger partial charge in [0.1, 0.15) is 11.6 Å². The van der Waals surface area contributed by atoms with Gasteiger partial charge in [-0.1, -0.05) is 0 Å². The summed E-state index contributed by atoms with van der Waals surface area (Å²) in [7, 11) is 1.85. The lowest BCUT2D eigenvalue weighted by molar-refractivity contribution is 0.570. The Morgan fingerprint density at radius 2 is 1.85 bits per heavy atom. The summed E-state index contributed by atoms with van der Waals surface area (Å²) in [6.07, 6.45) is 0.988. The van der Waals surface area contributed by atoms with Crippen molar-refractivity contribution in [3.05, 3.63) is 51.3 Å². The van der Waals surface area contributed by atoms with Gasteiger partial charge in [0.25, 0.3) is 0 Å². The van der Waals surface area contributed by atoms with Crippen LogP contribution in [0.25, 0.3) is 0 Å². The molecule has 1 unspecified atom stereocenters. The van der Waals surface area contributed by atoms with Crippen molar-refractivity contribution in [3.63, 3.8) is 0 Å². The first-order chi connectivity index (χ1) is 9.36. The van der Waals surface area contributed by atoms with Gasteiger partial charge in [-0.2, -0.15) is 5.10 Å². The van der Waals surface area contributed by atoms with Crippen LogP contribution in [0.1, 0.15) is 17.0 Å². The zero-order chi connectivity index (χ0) is 14.9. The van der Waals surface area contributed by atoms with Crippen LogP contribution in [0.4, 0.5) is 8.78 Å². The predicted molar refractivity (Wildman–Crippen MR) is 77.4 cm³/mol. The standard InChI is InChI=1S/C14H16BrF2N3/c1-8-14(15)13(20(2)19-8)7-12(18)5-9-3-10(16)6-11(17)4-9/h3-4,6,12H,5,7,18H2,1-2H3. The van der Waals surface area contributed by atoms with Crippen LogP contribution in [0.3, 0.4) is 0 Å². The molecule has 0 amide bonds. The number of aromatic nitrogens is 2. The van der Waals surface area contributed by atoms with Crippen LogP contribution in [0.5, 0.6) is 0 Å². The highest BCUT2D eigenvalue weighted by Gasteiger charge is 2.15. The van der Waals surface area contributed by atoms with E-state index in [0.29, 0.717) is 18.4 Å². The molecule has 1 aromatic carbocycles. The monoisotopic (exact) mass is 343 g/mol. The molecule has 0 spiro atoms. The van der Waals surface area contributed by atoms with Crippen LogP contribution in [0.2, 0.25) is 0 Å². The first kappa shape index (κ1) is 15.1. The topological polar surface area (TPSA) is 43.8 Å². The fourth-order valence-electron chi connectivity index (χ4n) is 2.25. The highest BCUT2D eigenvalue weighted by molar-refractivity contribution is 9.10. The Labute approximate surface area is 124 Å². The number of nitrogens with two attached hydrogens (primary N) is 1. The lowest BCUT2D eigenvalue weighted by atomic mass is 10.0. The number of aryl methyl sites for hydroxylation is 2. The Bertz CT molecular complexity index is 605. The summed E-state index contributed by atoms with van der Waals surface area (Å²) in [5.74, 6) is -1.16. The van der Waals surface area contributed by atoms with Crippen LogP contribution < -0.4 is 5.73 Å². The number of benzene rings is 1. The zero-order valence-electron chi connectivity index (χ0n) is 11.3. The Balaban J connectivity index is 2.10. The summed E-state index contributed by atoms with van der Waals surface area (Å²) in [5.41, 5.74) is 8.51. The van der Waals surface area contributed by atoms with Gasteiger partial charge in [0.2, 0.25) is 0 Å². The average Bonchev–Trinajstić information content (AvgIpc) is 2.54. The molecule has 0 saturated heterocycles. The SMILES string of the molecule is Cc1nn(C)c(CC(N)Cc2cc(F)cc(F)c2)c1Br. The average molecular weight is 344 g/mol. The van der Waals surface area contributed by atoms with Crippen molar-refractivity contribution < 1.29 is 8.78 Å². The van der Waals surface area contributed by atoms with Crippen molar-refractivity contribution in [2.24, 2.45) is 12.8 Å². The van der Waals surface area contributed by atoms with E-state index in [1.165, 1.54) is 12.1 Å². The molecule has 0 radical (unpaired) electrons. The molecule has 0 saturated carbocycles. The van der Waals surface area contributed by atoms with Crippen molar-refractivity contribution in [2.75, 3.05) is 0 Å². The maximum absolute atomic E-state index is 13.1. The van der Waals surface area contributed by atoms with E-state index in [1.54, 1.807) is 4.68 Å². The van der Waals surface area contributed by atoms with Gasteiger partial charge in [-0.15, -0.1) is 0 Å². The van der Waals surface area contributed by atoms with E-state index in [2.05, 4.69) is 21.0 Å². The largest absolute Gasteiger partial charge is 0.327 e. The Kier molecular flexibility index (Phi) is 4.55. The number of rotatable bonds is 4. The fraction of sp³-hybridized carbons (Fsp3) is 0.357. The third-order valence-electron chi connectivity index (χ3n) is 3.14. The van der Waals surface area contributed by atoms with Gasteiger partial charge in [0.05, 0.1) is 15.9 Å². The quantitative estimate of drug-likeness (QED) is 0.927. The molecule has 0 aliphatic rings. The first-order valence-electron chi connectivity index (χ1n) is 6.25. The minimum atomic E-state index is -0.579. The second-order valence-electron chi connectivity index (χ2n) is 4.92. The van der Waals surface area contributed by atoms with E-state index in [4.69, 9.17) is 5.73 Å². The van der Waals surface area contributed by atoms with Crippen molar-refractivity contribution in [1.29, 1.82) is 0 Å². The molecular weight excluding hydrogens is 328 g/mol. The summed E-state index contributed by atoms with van der Waals surface area (Å²) >= 11 is 3.48. The lowest BCUT2D eigenvalue weighted by Gasteiger charge is -2.12. The lowest BCUT2D eigenvalue weighted by Crippen LogP contribution is -2.27. The minimum absolute atomic E-state index is 0.234. The molecule has 3 nitrogen and oxygen atoms in total. The Morgan fingerprint density at radius 3 is 2.35 bits per heavy atom. The summed E-state index contributed by atoms with van der Waals surface area (Å²) in [6, 6.07) is 3.25. The number of hydrogen-bond acceptors (Lipinski definition) is 2. The second kappa shape index (κ2) is 6.01. The van der Waals surface area contributed by atoms with E-state index < -0.39 is 11.6 Å². The molecule has 0 aliphatic carbocycles. The summed E-state index contributed by atoms with van der Waals surface area (Å²) in [5, 5.41) is 4.29. The smallest absolute Gasteiger partial charge is 0.126 e. The second-order valence-corrected chi connectivity index (χ2v) is 5.71. The molecule has 1 aromatic heterocycles. The van der Waals surface area contributed by atoms with Gasteiger partial charge >= 0.3 is 0 Å². The molecule has 6 heteroatoms. The molecule has 0 aliphatic heterocycles. The fourth-order valence-corrected chi connectivity index (χ4v) is 2.75. The third-order valence-corrected chi connectivity index (χ3v) is 4.17. The first-order valence-corrected chi connectivity index (χ1v) is 7.04. The number of halogens is 3. The number of nitrogens with zero attached hydrogens (tertiary/aromatic N) is 2. The van der Waals surface area contributed by atoms with Crippen LogP contribution in [-0.2, 0) is 19.9 Å². The van der Waals surface area contributed by atoms with Crippen LogP contribution in [0.15, 0.2) is 22.7 Å². The van der Waals surface area contributed by atoms with Crippen LogP contribution in [-0.4, -0.2) is 15.8 Å². The van der Waals surface area contributed by atoms with Crippen molar-refractivity contribution in [3.8, 4) is 0 Å². The van der Waals surface area contributed by atoms with E-state index in [1.807, 2.05) is 14.0 Å². The molecule has 2 N–H and O–H groups in total. The molecule has 0 bridgehead atoms. The van der Waals surface area contributed by atoms with Gasteiger partial charge in [0, 0.05) is 25.6 Å². The Hall–Kier alpha value is -1.27. The molecule has 2 rings (SSSR count). The van der Waals surface area contributed by atoms with Crippen LogP contribution >= 0.6 is 15.9 Å². The molecular formula is C14H16BrF2N3. The van der Waals surface area contributed by atoms with Gasteiger partial charge in [0.15, 0.2) is 0 Å². The maximum atomic E-state index is 13.1. The van der Waals surface area contributed by atoms with Gasteiger partial charge in [-0.05, 0) is 47.0 Å². The van der Waals surface area contributed by atoms with Crippen molar-refractivity contribution in [2.45, 2.75) is 25.8 Å². The minimum Gasteiger partial charge on any atom is -0.327 e. The Morgan fingerprint density at radius 1 is 1.25 bits per heavy atom. The maximum Gasteiger partial charge on any atom is 0.126 e. The molecule has 1 heterocycles. The molecule has 0 fully saturated rings. The van der Waals surface area contributed by atoms with Gasteiger partial charge in [-0.3, -0.25) is 4.68 Å². The van der Waals surface area contributed by atoms with E-state index >= 15 is 0 Å². The predicted octanol–water partition coefficient (Wildman–Crippen LogP) is 2.88. The summed E-state index contributed by atoms with van der Waals surface area (Å²) in [6.45, 7) is 1.90. The highest BCUT2D eigenvalue weighted by atomic mass is 79.9. The number of hydrogen-bond donors (Lipinski definition) is 1. The highest BCUT2D eigenvalue weighted by Crippen LogP contribution is 2.22. The molecule has 20 heavy (non-hydrogen) atoms. The van der Waals surface area contributed by atoms with Crippen molar-refractivity contribution in [1.82, 2.24) is 9.78 Å². The van der Waals surface area contributed by atoms with E-state index in [-0.39, 0.29) is 6.04 Å². The van der Waals surface area contributed by atoms with Gasteiger partial charge in [-0.25, -0.2) is 8.78 Å². The summed E-state index contributed by atoms with van der Waals surface area (Å²) < 4.78 is 29.0. The molecule has 108 valence electrons. The van der Waals surface area contributed by atoms with E-state index in [9.17, 15) is 8.78 Å².